The smallest absolute Gasteiger partial charge is 0.341 e. The molecule has 0 bridgehead atoms. The molecule has 0 spiro atoms. The average Bonchev–Trinajstić information content (AvgIpc) is 2.63. The number of nitrogens with zero attached hydrogens (tertiary/aromatic N) is 2. The molecule has 1 heterocycles. The molecule has 0 aliphatic heterocycles. The van der Waals surface area contributed by atoms with Gasteiger partial charge in [-0.2, -0.15) is 0 Å². The van der Waals surface area contributed by atoms with Gasteiger partial charge >= 0.3 is 5.97 Å². The van der Waals surface area contributed by atoms with Crippen LogP contribution in [0.1, 0.15) is 56.2 Å². The Bertz CT molecular complexity index is 878. The molecule has 6 nitrogen and oxygen atoms in total. The van der Waals surface area contributed by atoms with Crippen molar-refractivity contribution in [3.63, 3.8) is 0 Å². The van der Waals surface area contributed by atoms with Crippen molar-refractivity contribution in [1.29, 1.82) is 0 Å². The monoisotopic (exact) mass is 485 g/mol. The number of aromatic nitrogens is 2. The number of nitrogens with one attached hydrogen (secondary N) is 1. The third-order valence-electron chi connectivity index (χ3n) is 4.21. The maximum Gasteiger partial charge on any atom is 0.341 e. The summed E-state index contributed by atoms with van der Waals surface area (Å²) in [7, 11) is 0. The highest BCUT2D eigenvalue weighted by molar-refractivity contribution is 9.10. The third-order valence-corrected chi connectivity index (χ3v) is 6.45. The first kappa shape index (κ1) is 23.7. The summed E-state index contributed by atoms with van der Waals surface area (Å²) in [5.74, 6) is -1.02. The first-order valence-corrected chi connectivity index (χ1v) is 11.0. The molecule has 1 N–H and O–H groups in total. The Hall–Kier alpha value is -1.55. The van der Waals surface area contributed by atoms with E-state index in [4.69, 9.17) is 4.74 Å². The topological polar surface area (TPSA) is 87.2 Å². The lowest BCUT2D eigenvalue weighted by atomic mass is 9.87. The van der Waals surface area contributed by atoms with Gasteiger partial charge in [0, 0.05) is 34.0 Å². The molecule has 1 aromatic carbocycles. The maximum absolute atomic E-state index is 14.8. The SMILES string of the molecule is CCOC(=O)c1cncnc1C[C@](C)(N[S+]([O-])C(C)(C)C)c1cc(Br)ccc1F. The van der Waals surface area contributed by atoms with Gasteiger partial charge in [-0.05, 0) is 52.8 Å². The number of hydrogen-bond donors (Lipinski definition) is 1. The maximum atomic E-state index is 14.8. The number of halogens is 2. The number of esters is 1. The van der Waals surface area contributed by atoms with Crippen LogP contribution in [0.5, 0.6) is 0 Å². The van der Waals surface area contributed by atoms with E-state index in [9.17, 15) is 13.7 Å². The molecule has 2 rings (SSSR count). The van der Waals surface area contributed by atoms with Crippen LogP contribution in [-0.2, 0) is 28.1 Å². The van der Waals surface area contributed by atoms with Gasteiger partial charge in [0.05, 0.1) is 23.4 Å². The molecule has 2 aromatic rings. The van der Waals surface area contributed by atoms with Crippen LogP contribution in [0.4, 0.5) is 4.39 Å². The predicted octanol–water partition coefficient (Wildman–Crippen LogP) is 4.06. The Morgan fingerprint density at radius 1 is 1.34 bits per heavy atom. The summed E-state index contributed by atoms with van der Waals surface area (Å²) in [6, 6.07) is 4.56. The van der Waals surface area contributed by atoms with Crippen molar-refractivity contribution in [2.75, 3.05) is 6.61 Å². The summed E-state index contributed by atoms with van der Waals surface area (Å²) in [4.78, 5) is 20.5. The number of hydrogen-bond acceptors (Lipinski definition) is 6. The lowest BCUT2D eigenvalue weighted by Crippen LogP contribution is -2.51. The van der Waals surface area contributed by atoms with Gasteiger partial charge in [-0.3, -0.25) is 0 Å². The third kappa shape index (κ3) is 5.97. The Balaban J connectivity index is 2.55. The van der Waals surface area contributed by atoms with Gasteiger partial charge in [-0.25, -0.2) is 19.2 Å². The molecule has 0 saturated carbocycles. The highest BCUT2D eigenvalue weighted by atomic mass is 79.9. The molecule has 9 heteroatoms. The summed E-state index contributed by atoms with van der Waals surface area (Å²) in [6.07, 6.45) is 2.79. The molecule has 2 atom stereocenters. The molecule has 0 radical (unpaired) electrons. The van der Waals surface area contributed by atoms with Crippen molar-refractivity contribution < 1.29 is 18.5 Å². The highest BCUT2D eigenvalue weighted by Gasteiger charge is 2.40. The van der Waals surface area contributed by atoms with E-state index in [1.54, 1.807) is 26.0 Å². The van der Waals surface area contributed by atoms with Crippen LogP contribution in [0.2, 0.25) is 0 Å². The van der Waals surface area contributed by atoms with Gasteiger partial charge in [-0.15, -0.1) is 4.72 Å². The number of rotatable bonds is 7. The van der Waals surface area contributed by atoms with E-state index in [0.29, 0.717) is 15.7 Å². The second kappa shape index (κ2) is 9.51. The highest BCUT2D eigenvalue weighted by Crippen LogP contribution is 2.33. The van der Waals surface area contributed by atoms with E-state index < -0.39 is 33.4 Å². The van der Waals surface area contributed by atoms with Crippen LogP contribution in [-0.4, -0.2) is 31.8 Å². The van der Waals surface area contributed by atoms with Gasteiger partial charge < -0.3 is 9.29 Å². The molecule has 0 fully saturated rings. The normalized spacial score (nSPS) is 14.9. The first-order chi connectivity index (χ1) is 13.5. The molecule has 0 saturated heterocycles. The fourth-order valence-electron chi connectivity index (χ4n) is 2.67. The van der Waals surface area contributed by atoms with E-state index in [-0.39, 0.29) is 18.6 Å². The summed E-state index contributed by atoms with van der Waals surface area (Å²) >= 11 is 1.86. The van der Waals surface area contributed by atoms with Gasteiger partial charge in [0.1, 0.15) is 16.9 Å². The summed E-state index contributed by atoms with van der Waals surface area (Å²) in [5.41, 5.74) is -0.252. The van der Waals surface area contributed by atoms with Gasteiger partial charge in [-0.1, -0.05) is 15.9 Å². The minimum Gasteiger partial charge on any atom is -0.598 e. The molecular weight excluding hydrogens is 461 g/mol. The van der Waals surface area contributed by atoms with E-state index in [1.165, 1.54) is 18.6 Å². The molecule has 1 aromatic heterocycles. The molecule has 158 valence electrons. The standard InChI is InChI=1S/C20H25BrFN3O3S/c1-6-28-18(26)14-11-23-12-24-17(14)10-20(5,25-29(27)19(2,3)4)15-9-13(21)7-8-16(15)22/h7-9,11-12,25H,6,10H2,1-5H3/t20-,29?/m0/s1. The van der Waals surface area contributed by atoms with E-state index in [0.717, 1.165) is 0 Å². The Labute approximate surface area is 182 Å². The zero-order chi connectivity index (χ0) is 21.8. The largest absolute Gasteiger partial charge is 0.598 e. The minimum absolute atomic E-state index is 0.0961. The lowest BCUT2D eigenvalue weighted by molar-refractivity contribution is 0.0523. The zero-order valence-corrected chi connectivity index (χ0v) is 19.5. The number of carbonyl (C=O) groups excluding carboxylic acids is 1. The van der Waals surface area contributed by atoms with Crippen LogP contribution >= 0.6 is 15.9 Å². The second-order valence-corrected chi connectivity index (χ2v) is 10.6. The van der Waals surface area contributed by atoms with Crippen LogP contribution in [0, 0.1) is 5.82 Å². The first-order valence-electron chi connectivity index (χ1n) is 9.09. The predicted molar refractivity (Wildman–Crippen MR) is 114 cm³/mol. The summed E-state index contributed by atoms with van der Waals surface area (Å²) < 4.78 is 36.0. The average molecular weight is 486 g/mol. The van der Waals surface area contributed by atoms with Crippen LogP contribution in [0.15, 0.2) is 35.2 Å². The van der Waals surface area contributed by atoms with Crippen molar-refractivity contribution >= 4 is 33.3 Å². The van der Waals surface area contributed by atoms with Crippen molar-refractivity contribution in [1.82, 2.24) is 14.7 Å². The van der Waals surface area contributed by atoms with Crippen molar-refractivity contribution in [3.05, 3.63) is 57.8 Å². The Morgan fingerprint density at radius 3 is 2.66 bits per heavy atom. The molecular formula is C20H25BrFN3O3S. The van der Waals surface area contributed by atoms with Crippen LogP contribution in [0.25, 0.3) is 0 Å². The number of ether oxygens (including phenoxy) is 1. The van der Waals surface area contributed by atoms with Crippen molar-refractivity contribution in [2.24, 2.45) is 0 Å². The van der Waals surface area contributed by atoms with Crippen LogP contribution < -0.4 is 4.72 Å². The molecule has 29 heavy (non-hydrogen) atoms. The second-order valence-electron chi connectivity index (χ2n) is 7.72. The quantitative estimate of drug-likeness (QED) is 0.469. The number of benzene rings is 1. The minimum atomic E-state index is -1.51. The van der Waals surface area contributed by atoms with Crippen molar-refractivity contribution in [2.45, 2.75) is 51.3 Å². The van der Waals surface area contributed by atoms with Gasteiger partial charge in [0.2, 0.25) is 0 Å². The summed E-state index contributed by atoms with van der Waals surface area (Å²) in [6.45, 7) is 9.11. The Morgan fingerprint density at radius 2 is 2.03 bits per heavy atom. The van der Waals surface area contributed by atoms with Crippen molar-refractivity contribution in [3.8, 4) is 0 Å². The van der Waals surface area contributed by atoms with Gasteiger partial charge in [0.25, 0.3) is 0 Å². The van der Waals surface area contributed by atoms with E-state index >= 15 is 0 Å². The molecule has 1 unspecified atom stereocenters. The molecule has 0 aliphatic rings. The fourth-order valence-corrected chi connectivity index (χ4v) is 3.93. The van der Waals surface area contributed by atoms with Gasteiger partial charge in [0.15, 0.2) is 0 Å². The van der Waals surface area contributed by atoms with Crippen LogP contribution in [0.3, 0.4) is 0 Å². The molecule has 0 aliphatic carbocycles. The zero-order valence-electron chi connectivity index (χ0n) is 17.1. The fraction of sp³-hybridized carbons (Fsp3) is 0.450. The molecule has 0 amide bonds. The summed E-state index contributed by atoms with van der Waals surface area (Å²) in [5, 5.41) is 0. The lowest BCUT2D eigenvalue weighted by Gasteiger charge is -2.35. The van der Waals surface area contributed by atoms with E-state index in [2.05, 4.69) is 30.6 Å². The Kier molecular flexibility index (Phi) is 7.78. The van der Waals surface area contributed by atoms with E-state index in [1.807, 2.05) is 20.8 Å². The number of carbonyl (C=O) groups is 1.